The molecule has 0 saturated carbocycles. The van der Waals surface area contributed by atoms with E-state index in [-0.39, 0.29) is 6.09 Å². The minimum absolute atomic E-state index is 0.227. The number of carbonyl (C=O) groups excluding carboxylic acids is 1. The van der Waals surface area contributed by atoms with E-state index in [1.165, 1.54) is 7.11 Å². The van der Waals surface area contributed by atoms with E-state index >= 15 is 0 Å². The second-order valence-corrected chi connectivity index (χ2v) is 3.10. The van der Waals surface area contributed by atoms with Gasteiger partial charge in [-0.3, -0.25) is 0 Å². The summed E-state index contributed by atoms with van der Waals surface area (Å²) in [6.07, 6.45) is 1.61. The monoisotopic (exact) mass is 187 g/mol. The molecule has 0 spiro atoms. The molecule has 0 N–H and O–H groups in total. The van der Waals surface area contributed by atoms with E-state index in [1.54, 1.807) is 4.90 Å². The summed E-state index contributed by atoms with van der Waals surface area (Å²) in [5, 5.41) is 0. The lowest BCUT2D eigenvalue weighted by atomic mass is 10.1. The van der Waals surface area contributed by atoms with Crippen LogP contribution in [0.25, 0.3) is 0 Å². The smallest absolute Gasteiger partial charge is 0.409 e. The lowest BCUT2D eigenvalue weighted by Crippen LogP contribution is -2.43. The summed E-state index contributed by atoms with van der Waals surface area (Å²) in [5.41, 5.74) is 0. The zero-order chi connectivity index (χ0) is 9.68. The maximum Gasteiger partial charge on any atom is 0.409 e. The molecular formula is C9H17NO3. The van der Waals surface area contributed by atoms with Crippen molar-refractivity contribution in [3.05, 3.63) is 0 Å². The summed E-state index contributed by atoms with van der Waals surface area (Å²) in [6, 6.07) is 0.297. The van der Waals surface area contributed by atoms with E-state index in [1.807, 2.05) is 6.92 Å². The third kappa shape index (κ3) is 2.59. The molecule has 4 heteroatoms. The first kappa shape index (κ1) is 10.3. The maximum absolute atomic E-state index is 11.3. The summed E-state index contributed by atoms with van der Waals surface area (Å²) in [6.45, 7) is 4.17. The zero-order valence-electron chi connectivity index (χ0n) is 8.28. The molecule has 1 saturated heterocycles. The second kappa shape index (κ2) is 5.07. The normalized spacial score (nSPS) is 18.3. The second-order valence-electron chi connectivity index (χ2n) is 3.10. The lowest BCUT2D eigenvalue weighted by molar-refractivity contribution is 0.0330. The fourth-order valence-electron chi connectivity index (χ4n) is 1.65. The van der Waals surface area contributed by atoms with Gasteiger partial charge >= 0.3 is 6.09 Å². The molecule has 0 bridgehead atoms. The Kier molecular flexibility index (Phi) is 4.02. The highest BCUT2D eigenvalue weighted by Crippen LogP contribution is 2.14. The SMILES string of the molecule is CCN(C(=O)OC)C1CCOCC1. The molecule has 0 aliphatic carbocycles. The van der Waals surface area contributed by atoms with Crippen LogP contribution < -0.4 is 0 Å². The standard InChI is InChI=1S/C9H17NO3/c1-3-10(9(11)12-2)8-4-6-13-7-5-8/h8H,3-7H2,1-2H3. The average molecular weight is 187 g/mol. The Morgan fingerprint density at radius 2 is 2.15 bits per heavy atom. The Morgan fingerprint density at radius 3 is 2.62 bits per heavy atom. The van der Waals surface area contributed by atoms with E-state index in [0.717, 1.165) is 26.1 Å². The molecule has 76 valence electrons. The van der Waals surface area contributed by atoms with E-state index in [0.29, 0.717) is 12.6 Å². The average Bonchev–Trinajstić information content (AvgIpc) is 2.20. The Labute approximate surface area is 78.8 Å². The van der Waals surface area contributed by atoms with Crippen LogP contribution in [0.2, 0.25) is 0 Å². The van der Waals surface area contributed by atoms with Crippen molar-refractivity contribution < 1.29 is 14.3 Å². The molecule has 0 atom stereocenters. The summed E-state index contributed by atoms with van der Waals surface area (Å²) in [5.74, 6) is 0. The number of methoxy groups -OCH3 is 1. The van der Waals surface area contributed by atoms with Gasteiger partial charge < -0.3 is 14.4 Å². The molecule has 1 fully saturated rings. The fraction of sp³-hybridized carbons (Fsp3) is 0.889. The van der Waals surface area contributed by atoms with E-state index in [4.69, 9.17) is 9.47 Å². The first-order valence-corrected chi connectivity index (χ1v) is 4.72. The van der Waals surface area contributed by atoms with Gasteiger partial charge in [-0.15, -0.1) is 0 Å². The summed E-state index contributed by atoms with van der Waals surface area (Å²) in [7, 11) is 1.42. The van der Waals surface area contributed by atoms with Crippen molar-refractivity contribution in [1.82, 2.24) is 4.90 Å². The van der Waals surface area contributed by atoms with Gasteiger partial charge in [-0.1, -0.05) is 0 Å². The van der Waals surface area contributed by atoms with Gasteiger partial charge in [-0.05, 0) is 19.8 Å². The fourth-order valence-corrected chi connectivity index (χ4v) is 1.65. The van der Waals surface area contributed by atoms with Crippen molar-refractivity contribution in [2.24, 2.45) is 0 Å². The van der Waals surface area contributed by atoms with Gasteiger partial charge in [0.2, 0.25) is 0 Å². The molecule has 0 aromatic carbocycles. The molecule has 1 amide bonds. The molecule has 0 radical (unpaired) electrons. The Bertz CT molecular complexity index is 166. The van der Waals surface area contributed by atoms with E-state index in [2.05, 4.69) is 0 Å². The van der Waals surface area contributed by atoms with Gasteiger partial charge in [0.05, 0.1) is 7.11 Å². The largest absolute Gasteiger partial charge is 0.453 e. The maximum atomic E-state index is 11.3. The van der Waals surface area contributed by atoms with E-state index < -0.39 is 0 Å². The van der Waals surface area contributed by atoms with Crippen molar-refractivity contribution in [2.75, 3.05) is 26.9 Å². The predicted octanol–water partition coefficient (Wildman–Crippen LogP) is 1.25. The van der Waals surface area contributed by atoms with Crippen LogP contribution in [0.1, 0.15) is 19.8 Å². The van der Waals surface area contributed by atoms with Crippen LogP contribution in [0.5, 0.6) is 0 Å². The van der Waals surface area contributed by atoms with Crippen molar-refractivity contribution in [1.29, 1.82) is 0 Å². The van der Waals surface area contributed by atoms with Crippen molar-refractivity contribution in [3.8, 4) is 0 Å². The number of ether oxygens (including phenoxy) is 2. The Hall–Kier alpha value is -0.770. The number of carbonyl (C=O) groups is 1. The van der Waals surface area contributed by atoms with Crippen LogP contribution in [0, 0.1) is 0 Å². The summed E-state index contributed by atoms with van der Waals surface area (Å²) < 4.78 is 9.93. The number of hydrogen-bond donors (Lipinski definition) is 0. The van der Waals surface area contributed by atoms with E-state index in [9.17, 15) is 4.79 Å². The summed E-state index contributed by atoms with van der Waals surface area (Å²) in [4.78, 5) is 13.1. The third-order valence-electron chi connectivity index (χ3n) is 2.38. The molecule has 4 nitrogen and oxygen atoms in total. The van der Waals surface area contributed by atoms with Crippen LogP contribution in [0.15, 0.2) is 0 Å². The van der Waals surface area contributed by atoms with Crippen LogP contribution in [-0.2, 0) is 9.47 Å². The third-order valence-corrected chi connectivity index (χ3v) is 2.38. The van der Waals surface area contributed by atoms with Crippen LogP contribution >= 0.6 is 0 Å². The Balaban J connectivity index is 2.48. The highest BCUT2D eigenvalue weighted by molar-refractivity contribution is 5.67. The molecule has 13 heavy (non-hydrogen) atoms. The molecule has 0 aromatic rings. The first-order chi connectivity index (χ1) is 6.29. The number of rotatable bonds is 2. The topological polar surface area (TPSA) is 38.8 Å². The van der Waals surface area contributed by atoms with Crippen LogP contribution in [-0.4, -0.2) is 43.9 Å². The molecular weight excluding hydrogens is 170 g/mol. The molecule has 0 aromatic heterocycles. The van der Waals surface area contributed by atoms with Gasteiger partial charge in [0.1, 0.15) is 0 Å². The number of hydrogen-bond acceptors (Lipinski definition) is 3. The molecule has 0 unspecified atom stereocenters. The minimum atomic E-state index is -0.227. The highest BCUT2D eigenvalue weighted by Gasteiger charge is 2.24. The number of amides is 1. The van der Waals surface area contributed by atoms with Crippen LogP contribution in [0.4, 0.5) is 4.79 Å². The zero-order valence-corrected chi connectivity index (χ0v) is 8.28. The van der Waals surface area contributed by atoms with Gasteiger partial charge in [0.15, 0.2) is 0 Å². The summed E-state index contributed by atoms with van der Waals surface area (Å²) >= 11 is 0. The predicted molar refractivity (Wildman–Crippen MR) is 48.6 cm³/mol. The van der Waals surface area contributed by atoms with Gasteiger partial charge in [0, 0.05) is 25.8 Å². The Morgan fingerprint density at radius 1 is 1.54 bits per heavy atom. The number of nitrogens with zero attached hydrogens (tertiary/aromatic N) is 1. The van der Waals surface area contributed by atoms with Crippen molar-refractivity contribution in [3.63, 3.8) is 0 Å². The molecule has 1 aliphatic heterocycles. The van der Waals surface area contributed by atoms with Gasteiger partial charge in [0.25, 0.3) is 0 Å². The van der Waals surface area contributed by atoms with Crippen molar-refractivity contribution >= 4 is 6.09 Å². The minimum Gasteiger partial charge on any atom is -0.453 e. The highest BCUT2D eigenvalue weighted by atomic mass is 16.5. The van der Waals surface area contributed by atoms with Gasteiger partial charge in [-0.25, -0.2) is 4.79 Å². The quantitative estimate of drug-likeness (QED) is 0.653. The molecule has 1 aliphatic rings. The van der Waals surface area contributed by atoms with Crippen LogP contribution in [0.3, 0.4) is 0 Å². The van der Waals surface area contributed by atoms with Crippen molar-refractivity contribution in [2.45, 2.75) is 25.8 Å². The first-order valence-electron chi connectivity index (χ1n) is 4.72. The molecule has 1 rings (SSSR count). The van der Waals surface area contributed by atoms with Gasteiger partial charge in [-0.2, -0.15) is 0 Å². The lowest BCUT2D eigenvalue weighted by Gasteiger charge is -2.32. The molecule has 1 heterocycles.